The molecular formula is C18H24O3. The lowest BCUT2D eigenvalue weighted by Crippen LogP contribution is -2.23. The number of methoxy groups -OCH3 is 1. The minimum absolute atomic E-state index is 0.165. The van der Waals surface area contributed by atoms with E-state index in [1.165, 1.54) is 26.4 Å². The summed E-state index contributed by atoms with van der Waals surface area (Å²) in [7, 11) is 1.37. The third-order valence-electron chi connectivity index (χ3n) is 4.33. The molecule has 3 nitrogen and oxygen atoms in total. The molecule has 0 saturated carbocycles. The van der Waals surface area contributed by atoms with Gasteiger partial charge in [-0.3, -0.25) is 4.79 Å². The molecule has 0 N–H and O–H groups in total. The maximum absolute atomic E-state index is 12.5. The molecule has 21 heavy (non-hydrogen) atoms. The average Bonchev–Trinajstić information content (AvgIpc) is 2.52. The van der Waals surface area contributed by atoms with Crippen LogP contribution in [0.3, 0.4) is 0 Å². The van der Waals surface area contributed by atoms with Crippen LogP contribution in [0.1, 0.15) is 71.7 Å². The normalized spacial score (nSPS) is 17.4. The summed E-state index contributed by atoms with van der Waals surface area (Å²) in [6, 6.07) is 5.30. The third-order valence-corrected chi connectivity index (χ3v) is 4.33. The second-order valence-electron chi connectivity index (χ2n) is 5.81. The summed E-state index contributed by atoms with van der Waals surface area (Å²) >= 11 is 0. The fraction of sp³-hybridized carbons (Fsp3) is 0.556. The van der Waals surface area contributed by atoms with Crippen LogP contribution in [-0.2, 0) is 11.2 Å². The number of rotatable bonds is 6. The molecule has 0 fully saturated rings. The van der Waals surface area contributed by atoms with Crippen LogP contribution in [0.15, 0.2) is 18.2 Å². The SMILES string of the molecule is CCCCCCC1CCc2cc(C(=O)OC)ccc2C1=O. The van der Waals surface area contributed by atoms with Gasteiger partial charge in [-0.2, -0.15) is 0 Å². The number of aryl methyl sites for hydroxylation is 1. The lowest BCUT2D eigenvalue weighted by molar-refractivity contribution is 0.0600. The van der Waals surface area contributed by atoms with Gasteiger partial charge in [0.15, 0.2) is 5.78 Å². The van der Waals surface area contributed by atoms with Crippen LogP contribution in [-0.4, -0.2) is 18.9 Å². The highest BCUT2D eigenvalue weighted by atomic mass is 16.5. The van der Waals surface area contributed by atoms with Crippen molar-refractivity contribution < 1.29 is 14.3 Å². The number of benzene rings is 1. The van der Waals surface area contributed by atoms with Crippen LogP contribution in [0.2, 0.25) is 0 Å². The van der Waals surface area contributed by atoms with Gasteiger partial charge in [0.05, 0.1) is 12.7 Å². The van der Waals surface area contributed by atoms with Crippen LogP contribution in [0.4, 0.5) is 0 Å². The van der Waals surface area contributed by atoms with Crippen molar-refractivity contribution in [1.82, 2.24) is 0 Å². The first kappa shape index (κ1) is 15.7. The van der Waals surface area contributed by atoms with Gasteiger partial charge in [-0.25, -0.2) is 4.79 Å². The zero-order valence-electron chi connectivity index (χ0n) is 13.0. The van der Waals surface area contributed by atoms with Gasteiger partial charge >= 0.3 is 5.97 Å². The number of ketones is 1. The molecule has 1 aliphatic carbocycles. The largest absolute Gasteiger partial charge is 0.465 e. The number of ether oxygens (including phenoxy) is 1. The van der Waals surface area contributed by atoms with E-state index in [1.807, 2.05) is 6.07 Å². The Balaban J connectivity index is 2.04. The maximum atomic E-state index is 12.5. The molecule has 0 saturated heterocycles. The van der Waals surface area contributed by atoms with Gasteiger partial charge in [0.25, 0.3) is 0 Å². The Kier molecular flexibility index (Phi) is 5.54. The third kappa shape index (κ3) is 3.72. The number of Topliss-reactive ketones (excluding diaryl/α,β-unsaturated/α-hetero) is 1. The summed E-state index contributed by atoms with van der Waals surface area (Å²) in [5.74, 6) is 0.0782. The van der Waals surface area contributed by atoms with Gasteiger partial charge < -0.3 is 4.74 Å². The molecule has 1 aromatic rings. The summed E-state index contributed by atoms with van der Waals surface area (Å²) in [4.78, 5) is 24.1. The van der Waals surface area contributed by atoms with Gasteiger partial charge in [0.2, 0.25) is 0 Å². The molecule has 3 heteroatoms. The zero-order valence-corrected chi connectivity index (χ0v) is 13.0. The molecule has 114 valence electrons. The van der Waals surface area contributed by atoms with Gasteiger partial charge in [0.1, 0.15) is 0 Å². The van der Waals surface area contributed by atoms with E-state index in [4.69, 9.17) is 4.74 Å². The molecule has 2 rings (SSSR count). The lowest BCUT2D eigenvalue weighted by atomic mass is 9.79. The lowest BCUT2D eigenvalue weighted by Gasteiger charge is -2.23. The van der Waals surface area contributed by atoms with Crippen LogP contribution < -0.4 is 0 Å². The van der Waals surface area contributed by atoms with Crippen molar-refractivity contribution in [3.8, 4) is 0 Å². The fourth-order valence-corrected chi connectivity index (χ4v) is 3.06. The molecule has 0 spiro atoms. The van der Waals surface area contributed by atoms with Crippen molar-refractivity contribution in [1.29, 1.82) is 0 Å². The minimum atomic E-state index is -0.341. The van der Waals surface area contributed by atoms with E-state index in [9.17, 15) is 9.59 Å². The van der Waals surface area contributed by atoms with Crippen LogP contribution in [0.5, 0.6) is 0 Å². The molecule has 0 heterocycles. The molecule has 1 aliphatic rings. The molecule has 0 bridgehead atoms. The Bertz CT molecular complexity index is 519. The summed E-state index contributed by atoms with van der Waals surface area (Å²) in [5.41, 5.74) is 2.33. The number of fused-ring (bicyclic) bond motifs is 1. The van der Waals surface area contributed by atoms with Crippen LogP contribution in [0, 0.1) is 5.92 Å². The highest BCUT2D eigenvalue weighted by molar-refractivity contribution is 6.01. The van der Waals surface area contributed by atoms with Crippen molar-refractivity contribution in [2.24, 2.45) is 5.92 Å². The van der Waals surface area contributed by atoms with E-state index >= 15 is 0 Å². The Labute approximate surface area is 126 Å². The maximum Gasteiger partial charge on any atom is 0.337 e. The van der Waals surface area contributed by atoms with E-state index in [1.54, 1.807) is 12.1 Å². The number of unbranched alkanes of at least 4 members (excludes halogenated alkanes) is 3. The highest BCUT2D eigenvalue weighted by Crippen LogP contribution is 2.29. The van der Waals surface area contributed by atoms with Crippen molar-refractivity contribution in [2.45, 2.75) is 51.9 Å². The Morgan fingerprint density at radius 1 is 1.29 bits per heavy atom. The van der Waals surface area contributed by atoms with E-state index in [2.05, 4.69) is 6.92 Å². The molecule has 1 aromatic carbocycles. The summed E-state index contributed by atoms with van der Waals surface area (Å²) in [5, 5.41) is 0. The topological polar surface area (TPSA) is 43.4 Å². The van der Waals surface area contributed by atoms with E-state index < -0.39 is 0 Å². The van der Waals surface area contributed by atoms with E-state index in [0.29, 0.717) is 5.56 Å². The number of hydrogen-bond acceptors (Lipinski definition) is 3. The van der Waals surface area contributed by atoms with Crippen molar-refractivity contribution in [3.63, 3.8) is 0 Å². The summed E-state index contributed by atoms with van der Waals surface area (Å²) < 4.78 is 4.73. The summed E-state index contributed by atoms with van der Waals surface area (Å²) in [6.07, 6.45) is 7.61. The second-order valence-corrected chi connectivity index (χ2v) is 5.81. The first-order chi connectivity index (χ1) is 10.2. The molecule has 0 aromatic heterocycles. The smallest absolute Gasteiger partial charge is 0.337 e. The van der Waals surface area contributed by atoms with Crippen molar-refractivity contribution in [3.05, 3.63) is 34.9 Å². The Hall–Kier alpha value is -1.64. The Morgan fingerprint density at radius 2 is 2.10 bits per heavy atom. The van der Waals surface area contributed by atoms with Crippen molar-refractivity contribution >= 4 is 11.8 Å². The quantitative estimate of drug-likeness (QED) is 0.582. The monoisotopic (exact) mass is 288 g/mol. The standard InChI is InChI=1S/C18H24O3/c1-3-4-5-6-7-13-8-9-14-12-15(18(20)21-2)10-11-16(14)17(13)19/h10-13H,3-9H2,1-2H3. The summed E-state index contributed by atoms with van der Waals surface area (Å²) in [6.45, 7) is 2.20. The van der Waals surface area contributed by atoms with Crippen molar-refractivity contribution in [2.75, 3.05) is 7.11 Å². The highest BCUT2D eigenvalue weighted by Gasteiger charge is 2.27. The second kappa shape index (κ2) is 7.39. The fourth-order valence-electron chi connectivity index (χ4n) is 3.06. The predicted octanol–water partition coefficient (Wildman–Crippen LogP) is 4.19. The first-order valence-corrected chi connectivity index (χ1v) is 7.92. The number of carbonyl (C=O) groups excluding carboxylic acids is 2. The number of hydrogen-bond donors (Lipinski definition) is 0. The average molecular weight is 288 g/mol. The van der Waals surface area contributed by atoms with Crippen LogP contribution in [0.25, 0.3) is 0 Å². The van der Waals surface area contributed by atoms with Gasteiger partial charge in [-0.05, 0) is 37.0 Å². The first-order valence-electron chi connectivity index (χ1n) is 7.92. The predicted molar refractivity (Wildman–Crippen MR) is 82.7 cm³/mol. The molecule has 1 unspecified atom stereocenters. The molecule has 0 radical (unpaired) electrons. The van der Waals surface area contributed by atoms with Gasteiger partial charge in [0, 0.05) is 11.5 Å². The van der Waals surface area contributed by atoms with E-state index in [-0.39, 0.29) is 17.7 Å². The Morgan fingerprint density at radius 3 is 2.81 bits per heavy atom. The zero-order chi connectivity index (χ0) is 15.2. The number of carbonyl (C=O) groups is 2. The van der Waals surface area contributed by atoms with E-state index in [0.717, 1.165) is 36.8 Å². The number of esters is 1. The molecular weight excluding hydrogens is 264 g/mol. The van der Waals surface area contributed by atoms with Gasteiger partial charge in [-0.15, -0.1) is 0 Å². The molecule has 0 aliphatic heterocycles. The minimum Gasteiger partial charge on any atom is -0.465 e. The van der Waals surface area contributed by atoms with Gasteiger partial charge in [-0.1, -0.05) is 38.7 Å². The molecule has 1 atom stereocenters. The molecule has 0 amide bonds. The van der Waals surface area contributed by atoms with Crippen LogP contribution >= 0.6 is 0 Å².